The lowest BCUT2D eigenvalue weighted by atomic mass is 9.92. The maximum Gasteiger partial charge on any atom is 0.243 e. The van der Waals surface area contributed by atoms with Crippen molar-refractivity contribution in [3.05, 3.63) is 29.8 Å². The van der Waals surface area contributed by atoms with Crippen molar-refractivity contribution in [3.63, 3.8) is 0 Å². The van der Waals surface area contributed by atoms with Crippen molar-refractivity contribution in [2.45, 2.75) is 20.3 Å². The van der Waals surface area contributed by atoms with Crippen LogP contribution in [0.5, 0.6) is 0 Å². The molecule has 2 aliphatic heterocycles. The highest BCUT2D eigenvalue weighted by atomic mass is 19.2. The van der Waals surface area contributed by atoms with Crippen LogP contribution < -0.4 is 10.6 Å². The minimum atomic E-state index is -1.06. The van der Waals surface area contributed by atoms with E-state index >= 15 is 0 Å². The van der Waals surface area contributed by atoms with Crippen LogP contribution in [0.25, 0.3) is 0 Å². The zero-order valence-electron chi connectivity index (χ0n) is 19.3. The van der Waals surface area contributed by atoms with Gasteiger partial charge in [-0.05, 0) is 30.4 Å². The Bertz CT molecular complexity index is 850. The third-order valence-corrected chi connectivity index (χ3v) is 6.06. The molecule has 0 aromatic heterocycles. The number of piperidine rings is 1. The summed E-state index contributed by atoms with van der Waals surface area (Å²) >= 11 is 0. The fraction of sp³-hybridized carbons (Fsp3) is 0.609. The van der Waals surface area contributed by atoms with Gasteiger partial charge >= 0.3 is 0 Å². The molecule has 2 fully saturated rings. The summed E-state index contributed by atoms with van der Waals surface area (Å²) in [6.07, 6.45) is 1.16. The van der Waals surface area contributed by atoms with Crippen molar-refractivity contribution in [2.75, 3.05) is 64.2 Å². The maximum atomic E-state index is 13.2. The summed E-state index contributed by atoms with van der Waals surface area (Å²) in [5, 5.41) is 4.94. The van der Waals surface area contributed by atoms with Crippen molar-refractivity contribution < 1.29 is 23.2 Å². The molecule has 8 nitrogen and oxygen atoms in total. The first-order chi connectivity index (χ1) is 15.7. The molecule has 2 unspecified atom stereocenters. The Balaban J connectivity index is 1.33. The molecule has 0 aliphatic carbocycles. The Morgan fingerprint density at radius 2 is 1.52 bits per heavy atom. The zero-order chi connectivity index (χ0) is 24.0. The lowest BCUT2D eigenvalue weighted by molar-refractivity contribution is -0.135. The Kier molecular flexibility index (Phi) is 8.74. The molecular formula is C23H33F2N5O3. The molecule has 0 bridgehead atoms. The predicted molar refractivity (Wildman–Crippen MR) is 120 cm³/mol. The SMILES string of the molecule is CC1CC(C)CN(C(=O)CN2CCN(CC(=O)NCC(=O)Nc3ccc(F)c(F)c3)CC2)C1. The first-order valence-electron chi connectivity index (χ1n) is 11.4. The molecule has 1 aromatic rings. The van der Waals surface area contributed by atoms with Gasteiger partial charge in [-0.1, -0.05) is 13.8 Å². The van der Waals surface area contributed by atoms with Crippen LogP contribution in [0.3, 0.4) is 0 Å². The lowest BCUT2D eigenvalue weighted by Crippen LogP contribution is -2.53. The topological polar surface area (TPSA) is 85.0 Å². The van der Waals surface area contributed by atoms with Crippen LogP contribution in [0.1, 0.15) is 20.3 Å². The minimum absolute atomic E-state index is 0.118. The molecule has 2 N–H and O–H groups in total. The molecule has 33 heavy (non-hydrogen) atoms. The van der Waals surface area contributed by atoms with Crippen LogP contribution in [0.4, 0.5) is 14.5 Å². The van der Waals surface area contributed by atoms with E-state index in [4.69, 9.17) is 0 Å². The Labute approximate surface area is 193 Å². The number of halogens is 2. The van der Waals surface area contributed by atoms with E-state index in [0.29, 0.717) is 44.6 Å². The first kappa shape index (κ1) is 25.0. The molecule has 3 rings (SSSR count). The van der Waals surface area contributed by atoms with Gasteiger partial charge in [0, 0.05) is 51.0 Å². The van der Waals surface area contributed by atoms with Gasteiger partial charge in [-0.15, -0.1) is 0 Å². The molecule has 1 aromatic carbocycles. The molecule has 2 atom stereocenters. The number of nitrogens with zero attached hydrogens (tertiary/aromatic N) is 3. The number of piperazine rings is 1. The Morgan fingerprint density at radius 1 is 0.909 bits per heavy atom. The number of benzene rings is 1. The molecule has 2 heterocycles. The van der Waals surface area contributed by atoms with Crippen LogP contribution in [-0.4, -0.2) is 91.3 Å². The van der Waals surface area contributed by atoms with E-state index in [9.17, 15) is 23.2 Å². The molecule has 0 spiro atoms. The smallest absolute Gasteiger partial charge is 0.243 e. The number of rotatable bonds is 7. The molecular weight excluding hydrogens is 432 g/mol. The zero-order valence-corrected chi connectivity index (χ0v) is 19.3. The van der Waals surface area contributed by atoms with Crippen molar-refractivity contribution in [3.8, 4) is 0 Å². The van der Waals surface area contributed by atoms with E-state index in [2.05, 4.69) is 29.4 Å². The summed E-state index contributed by atoms with van der Waals surface area (Å²) in [5.41, 5.74) is 0.118. The average molecular weight is 466 g/mol. The highest BCUT2D eigenvalue weighted by molar-refractivity contribution is 5.94. The number of likely N-dealkylation sites (tertiary alicyclic amines) is 1. The Hall–Kier alpha value is -2.59. The van der Waals surface area contributed by atoms with Crippen LogP contribution in [0.15, 0.2) is 18.2 Å². The van der Waals surface area contributed by atoms with Crippen molar-refractivity contribution in [1.82, 2.24) is 20.0 Å². The highest BCUT2D eigenvalue weighted by Gasteiger charge is 2.27. The fourth-order valence-corrected chi connectivity index (χ4v) is 4.48. The van der Waals surface area contributed by atoms with Gasteiger partial charge in [-0.25, -0.2) is 8.78 Å². The number of hydrogen-bond donors (Lipinski definition) is 2. The van der Waals surface area contributed by atoms with E-state index in [1.54, 1.807) is 0 Å². The number of anilines is 1. The van der Waals surface area contributed by atoms with Crippen LogP contribution in [-0.2, 0) is 14.4 Å². The second kappa shape index (κ2) is 11.5. The van der Waals surface area contributed by atoms with Gasteiger partial charge < -0.3 is 15.5 Å². The van der Waals surface area contributed by atoms with Crippen LogP contribution >= 0.6 is 0 Å². The van der Waals surface area contributed by atoms with Gasteiger partial charge in [0.05, 0.1) is 19.6 Å². The van der Waals surface area contributed by atoms with Gasteiger partial charge in [0.15, 0.2) is 11.6 Å². The van der Waals surface area contributed by atoms with Gasteiger partial charge in [-0.3, -0.25) is 24.2 Å². The summed E-state index contributed by atoms with van der Waals surface area (Å²) in [4.78, 5) is 42.8. The van der Waals surface area contributed by atoms with Crippen LogP contribution in [0, 0.1) is 23.5 Å². The molecule has 10 heteroatoms. The van der Waals surface area contributed by atoms with Gasteiger partial charge in [-0.2, -0.15) is 0 Å². The second-order valence-electron chi connectivity index (χ2n) is 9.25. The number of amides is 3. The highest BCUT2D eigenvalue weighted by Crippen LogP contribution is 2.21. The third kappa shape index (κ3) is 7.75. The molecule has 3 amide bonds. The van der Waals surface area contributed by atoms with E-state index in [1.165, 1.54) is 6.07 Å². The summed E-state index contributed by atoms with van der Waals surface area (Å²) < 4.78 is 26.1. The van der Waals surface area contributed by atoms with E-state index in [-0.39, 0.29) is 30.6 Å². The molecule has 182 valence electrons. The number of hydrogen-bond acceptors (Lipinski definition) is 5. The normalized spacial score (nSPS) is 22.1. The third-order valence-electron chi connectivity index (χ3n) is 6.06. The van der Waals surface area contributed by atoms with Crippen molar-refractivity contribution in [1.29, 1.82) is 0 Å². The largest absolute Gasteiger partial charge is 0.346 e. The molecule has 0 radical (unpaired) electrons. The maximum absolute atomic E-state index is 13.2. The molecule has 2 saturated heterocycles. The summed E-state index contributed by atoms with van der Waals surface area (Å²) in [7, 11) is 0. The summed E-state index contributed by atoms with van der Waals surface area (Å²) in [6, 6.07) is 3.05. The van der Waals surface area contributed by atoms with Crippen molar-refractivity contribution in [2.24, 2.45) is 11.8 Å². The second-order valence-corrected chi connectivity index (χ2v) is 9.25. The monoisotopic (exact) mass is 465 g/mol. The van der Waals surface area contributed by atoms with E-state index in [1.807, 2.05) is 9.80 Å². The quantitative estimate of drug-likeness (QED) is 0.631. The first-order valence-corrected chi connectivity index (χ1v) is 11.4. The number of nitrogens with one attached hydrogen (secondary N) is 2. The Morgan fingerprint density at radius 3 is 2.12 bits per heavy atom. The summed E-state index contributed by atoms with van der Waals surface area (Å²) in [6.45, 7) is 9.05. The lowest BCUT2D eigenvalue weighted by Gasteiger charge is -2.38. The van der Waals surface area contributed by atoms with Crippen molar-refractivity contribution >= 4 is 23.4 Å². The average Bonchev–Trinajstić information content (AvgIpc) is 2.75. The van der Waals surface area contributed by atoms with E-state index < -0.39 is 17.5 Å². The number of carbonyl (C=O) groups is 3. The molecule has 2 aliphatic rings. The fourth-order valence-electron chi connectivity index (χ4n) is 4.48. The van der Waals surface area contributed by atoms with Crippen LogP contribution in [0.2, 0.25) is 0 Å². The van der Waals surface area contributed by atoms with Gasteiger partial charge in [0.2, 0.25) is 17.7 Å². The van der Waals surface area contributed by atoms with Gasteiger partial charge in [0.1, 0.15) is 0 Å². The molecule has 0 saturated carbocycles. The van der Waals surface area contributed by atoms with E-state index in [0.717, 1.165) is 31.6 Å². The van der Waals surface area contributed by atoms with Gasteiger partial charge in [0.25, 0.3) is 0 Å². The minimum Gasteiger partial charge on any atom is -0.346 e. The predicted octanol–water partition coefficient (Wildman–Crippen LogP) is 1.14. The number of carbonyl (C=O) groups excluding carboxylic acids is 3. The standard InChI is InChI=1S/C23H33F2N5O3/c1-16-9-17(2)13-30(12-16)23(33)15-29-7-5-28(6-8-29)14-22(32)26-11-21(31)27-18-3-4-19(24)20(25)10-18/h3-4,10,16-17H,5-9,11-15H2,1-2H3,(H,26,32)(H,27,31). The summed E-state index contributed by atoms with van der Waals surface area (Å²) in [5.74, 6) is -1.64.